The molecule has 35 heteroatoms. The van der Waals surface area contributed by atoms with Gasteiger partial charge in [-0.1, -0.05) is 62.4 Å². The fourth-order valence-electron chi connectivity index (χ4n) is 13.5. The second-order valence-corrected chi connectivity index (χ2v) is 29.5. The molecule has 10 rings (SSSR count). The maximum Gasteiger partial charge on any atom is 0.414 e. The van der Waals surface area contributed by atoms with Crippen molar-refractivity contribution in [3.63, 3.8) is 0 Å². The van der Waals surface area contributed by atoms with Crippen molar-refractivity contribution in [1.29, 1.82) is 0 Å². The van der Waals surface area contributed by atoms with Gasteiger partial charge >= 0.3 is 6.09 Å². The van der Waals surface area contributed by atoms with Gasteiger partial charge in [-0.25, -0.2) is 4.79 Å². The van der Waals surface area contributed by atoms with E-state index in [1.54, 1.807) is 73.3 Å². The van der Waals surface area contributed by atoms with Gasteiger partial charge in [0.15, 0.2) is 28.4 Å². The highest BCUT2D eigenvalue weighted by atomic mass is 32.2. The van der Waals surface area contributed by atoms with Crippen molar-refractivity contribution in [3.05, 3.63) is 137 Å². The molecule has 6 N–H and O–H groups in total. The molecule has 0 saturated carbocycles. The molecular weight excluding hydrogens is 1530 g/mol. The minimum absolute atomic E-state index is 0.0176. The summed E-state index contributed by atoms with van der Waals surface area (Å²) in [5, 5.41) is 12.3. The van der Waals surface area contributed by atoms with Crippen LogP contribution in [0.1, 0.15) is 90.3 Å². The molecule has 9 amide bonds. The van der Waals surface area contributed by atoms with E-state index in [1.165, 1.54) is 55.2 Å². The molecule has 3 unspecified atom stereocenters. The van der Waals surface area contributed by atoms with Crippen LogP contribution in [0.15, 0.2) is 109 Å². The summed E-state index contributed by atoms with van der Waals surface area (Å²) in [6.07, 6.45) is 4.02. The van der Waals surface area contributed by atoms with Crippen LogP contribution in [-0.4, -0.2) is 254 Å². The van der Waals surface area contributed by atoms with Gasteiger partial charge in [0.25, 0.3) is 33.7 Å². The van der Waals surface area contributed by atoms with Crippen molar-refractivity contribution < 1.29 is 118 Å². The van der Waals surface area contributed by atoms with Crippen LogP contribution < -0.4 is 60.2 Å². The Morgan fingerprint density at radius 2 is 1.06 bits per heavy atom. The van der Waals surface area contributed by atoms with Gasteiger partial charge in [-0.3, -0.25) is 52.7 Å². The Bertz CT molecular complexity index is 4340. The lowest BCUT2D eigenvalue weighted by molar-refractivity contribution is -0.137. The van der Waals surface area contributed by atoms with Crippen molar-refractivity contribution in [3.8, 4) is 23.0 Å². The van der Waals surface area contributed by atoms with Gasteiger partial charge in [0.05, 0.1) is 174 Å². The van der Waals surface area contributed by atoms with Crippen molar-refractivity contribution in [1.82, 2.24) is 20.9 Å². The second-order valence-electron chi connectivity index (χ2n) is 27.9. The third kappa shape index (κ3) is 24.6. The van der Waals surface area contributed by atoms with E-state index in [2.05, 4.69) is 26.6 Å². The highest BCUT2D eigenvalue weighted by Gasteiger charge is 2.48. The minimum Gasteiger partial charge on any atom is -0.493 e. The average molecular weight is 1630 g/mol. The number of benzene rings is 5. The van der Waals surface area contributed by atoms with Gasteiger partial charge in [-0.2, -0.15) is 8.42 Å². The van der Waals surface area contributed by atoms with Crippen LogP contribution in [0.5, 0.6) is 23.0 Å². The number of unbranched alkanes of at least 4 members (excludes halogenated alkanes) is 2. The third-order valence-corrected chi connectivity index (χ3v) is 20.5. The van der Waals surface area contributed by atoms with Crippen LogP contribution in [0.25, 0.3) is 0 Å². The van der Waals surface area contributed by atoms with Crippen LogP contribution in [-0.2, 0) is 101 Å². The fourth-order valence-corrected chi connectivity index (χ4v) is 14.4. The van der Waals surface area contributed by atoms with E-state index in [0.717, 1.165) is 21.7 Å². The Morgan fingerprint density at radius 1 is 0.543 bits per heavy atom. The Hall–Kier alpha value is -10.3. The number of carbonyl (C=O) groups excluding carboxylic acids is 9. The lowest BCUT2D eigenvalue weighted by Crippen LogP contribution is -2.53. The maximum absolute atomic E-state index is 14.7. The average Bonchev–Trinajstić information content (AvgIpc) is 1.59. The SMILES string of the molecule is COc1cc2c(cc1OCCCCCOc1cc3c(cc1OC)C(=O)N1c4ccccc4C[C@H]1CN3C(=O)OCc1ccc(NC(=O)C(C)NC(=O)C(NC(=O)CCOCCOCCOCCOCCOCCOCCOCCOCCNC(=O)CCN3C(=O)C=CC3=O)C(C)C)cc1)NC(S(=O)(=O)O)[C@@H]1Cc3ccccc3N1C2=O. The van der Waals surface area contributed by atoms with E-state index in [9.17, 15) is 56.1 Å². The zero-order valence-corrected chi connectivity index (χ0v) is 66.6. The summed E-state index contributed by atoms with van der Waals surface area (Å²) < 4.78 is 110. The first-order valence-corrected chi connectivity index (χ1v) is 40.2. The molecule has 0 radical (unpaired) electrons. The number of anilines is 5. The Morgan fingerprint density at radius 3 is 1.62 bits per heavy atom. The van der Waals surface area contributed by atoms with Gasteiger partial charge < -0.3 is 98.0 Å². The summed E-state index contributed by atoms with van der Waals surface area (Å²) in [6.45, 7) is 11.1. The summed E-state index contributed by atoms with van der Waals surface area (Å²) >= 11 is 0. The highest BCUT2D eigenvalue weighted by molar-refractivity contribution is 7.86. The number of rotatable bonds is 49. The molecule has 0 spiro atoms. The number of hydrogen-bond acceptors (Lipinski definition) is 25. The zero-order chi connectivity index (χ0) is 82.5. The number of ether oxygens (including phenoxy) is 13. The number of nitrogens with one attached hydrogen (secondary N) is 5. The molecule has 0 saturated heterocycles. The summed E-state index contributed by atoms with van der Waals surface area (Å²) in [7, 11) is -1.81. The molecule has 5 atom stereocenters. The molecule has 0 aliphatic carbocycles. The molecule has 0 fully saturated rings. The van der Waals surface area contributed by atoms with Crippen molar-refractivity contribution in [2.75, 3.05) is 178 Å². The smallest absolute Gasteiger partial charge is 0.414 e. The fraction of sp³-hybridized carbons (Fsp3) is 0.494. The zero-order valence-electron chi connectivity index (χ0n) is 65.8. The Labute approximate surface area is 673 Å². The molecule has 5 aromatic rings. The number of nitrogens with zero attached hydrogens (tertiary/aromatic N) is 4. The van der Waals surface area contributed by atoms with Gasteiger partial charge in [0.1, 0.15) is 18.7 Å². The van der Waals surface area contributed by atoms with Gasteiger partial charge in [0.2, 0.25) is 23.6 Å². The number of para-hydroxylation sites is 2. The van der Waals surface area contributed by atoms with Crippen molar-refractivity contribution in [2.45, 2.75) is 102 Å². The van der Waals surface area contributed by atoms with E-state index >= 15 is 0 Å². The van der Waals surface area contributed by atoms with Gasteiger partial charge in [0, 0.05) is 67.3 Å². The standard InChI is InChI=1S/C81H103N9O25S/c1-53(2)75(86-72(92)24-29-105-31-33-107-35-37-109-39-41-111-43-44-112-42-40-110-38-36-108-34-32-106-30-25-82-71(91)23-26-87-73(93)21-22-74(87)94)77(96)83-54(3)76(95)84-58-19-17-55(18-20-58)52-115-81(99)88-51-59-45-56-13-7-9-15-63(56)89(59)80(98)61-48-68(104-5)70(50-65(61)88)114-28-12-6-11-27-113-69-49-62-60(47-67(69)103-4)79(97)90-64-16-10-8-14-57(64)46-66(90)78(85-62)116(100,101)102/h7-10,13-22,47-50,53-54,59,66,75,78,85H,6,11-12,23-46,51-52H2,1-5H3,(H,82,91)(H,83,96)(H,84,95)(H,86,92)(H,100,101,102)/t54?,59-,66-,75?,78?/m0/s1. The topological polar surface area (TPSA) is 401 Å². The van der Waals surface area contributed by atoms with E-state index in [-0.39, 0.29) is 135 Å². The molecule has 5 aliphatic heterocycles. The number of hydrogen-bond donors (Lipinski definition) is 6. The second kappa shape index (κ2) is 44.1. The predicted octanol–water partition coefficient (Wildman–Crippen LogP) is 5.81. The lowest BCUT2D eigenvalue weighted by atomic mass is 10.0. The number of carbonyl (C=O) groups is 9. The Kier molecular flexibility index (Phi) is 33.5. The van der Waals surface area contributed by atoms with E-state index in [1.807, 2.05) is 30.3 Å². The summed E-state index contributed by atoms with van der Waals surface area (Å²) in [5.41, 5.74) is 4.75. The van der Waals surface area contributed by atoms with Crippen LogP contribution >= 0.6 is 0 Å². The molecule has 34 nitrogen and oxygen atoms in total. The Balaban J connectivity index is 0.578. The van der Waals surface area contributed by atoms with Crippen molar-refractivity contribution in [2.24, 2.45) is 5.92 Å². The quantitative estimate of drug-likeness (QED) is 0.0152. The molecule has 5 aromatic carbocycles. The van der Waals surface area contributed by atoms with Crippen LogP contribution in [0.3, 0.4) is 0 Å². The van der Waals surface area contributed by atoms with Crippen LogP contribution in [0.2, 0.25) is 0 Å². The normalized spacial score (nSPS) is 16.4. The number of amides is 9. The van der Waals surface area contributed by atoms with E-state index in [0.29, 0.717) is 135 Å². The first kappa shape index (κ1) is 88.0. The summed E-state index contributed by atoms with van der Waals surface area (Å²) in [4.78, 5) is 124. The minimum atomic E-state index is -4.70. The predicted molar refractivity (Wildman–Crippen MR) is 423 cm³/mol. The third-order valence-electron chi connectivity index (χ3n) is 19.5. The maximum atomic E-state index is 14.7. The number of fused-ring (bicyclic) bond motifs is 8. The van der Waals surface area contributed by atoms with Crippen LogP contribution in [0, 0.1) is 5.92 Å². The first-order valence-electron chi connectivity index (χ1n) is 38.7. The monoisotopic (exact) mass is 1630 g/mol. The van der Waals surface area contributed by atoms with E-state index in [4.69, 9.17) is 61.6 Å². The lowest BCUT2D eigenvalue weighted by Gasteiger charge is -2.27. The molecule has 5 aliphatic rings. The molecule has 0 aromatic heterocycles. The first-order chi connectivity index (χ1) is 56.1. The van der Waals surface area contributed by atoms with Gasteiger partial charge in [-0.15, -0.1) is 0 Å². The summed E-state index contributed by atoms with van der Waals surface area (Å²) in [6, 6.07) is 24.2. The number of imide groups is 1. The molecule has 116 heavy (non-hydrogen) atoms. The van der Waals surface area contributed by atoms with E-state index < -0.39 is 81.2 Å². The molecule has 628 valence electrons. The van der Waals surface area contributed by atoms with Crippen LogP contribution in [0.4, 0.5) is 33.2 Å². The number of methoxy groups -OCH3 is 2. The molecule has 0 bridgehead atoms. The largest absolute Gasteiger partial charge is 0.493 e. The van der Waals surface area contributed by atoms with Crippen molar-refractivity contribution >= 4 is 91.9 Å². The highest BCUT2D eigenvalue weighted by Crippen LogP contribution is 2.45. The molecular formula is C81H103N9O25S. The molecule has 5 heterocycles. The van der Waals surface area contributed by atoms with Gasteiger partial charge in [-0.05, 0) is 98.0 Å². The summed E-state index contributed by atoms with van der Waals surface area (Å²) in [5.74, 6) is -2.68.